The van der Waals surface area contributed by atoms with E-state index in [1.165, 1.54) is 66.6 Å². The standard InChI is InChI=1S/C29H38N2O2/c1-4-5-6-7-20-31-28(23-16-18-30-19-17-23)21-27(22-8-12-25(32-2)13-9-22)29(31)24-10-14-26(33-3)15-11-24/h8-15,21,23,30H,4-7,16-20H2,1-3H3. The minimum absolute atomic E-state index is 0.599. The number of unbranched alkanes of at least 4 members (excludes halogenated alkanes) is 3. The van der Waals surface area contributed by atoms with Crippen molar-refractivity contribution >= 4 is 0 Å². The molecule has 2 heterocycles. The number of nitrogens with one attached hydrogen (secondary N) is 1. The van der Waals surface area contributed by atoms with Crippen molar-refractivity contribution in [1.82, 2.24) is 9.88 Å². The van der Waals surface area contributed by atoms with Gasteiger partial charge in [0, 0.05) is 23.7 Å². The minimum atomic E-state index is 0.599. The minimum Gasteiger partial charge on any atom is -0.497 e. The zero-order chi connectivity index (χ0) is 23.0. The summed E-state index contributed by atoms with van der Waals surface area (Å²) in [6.45, 7) is 5.54. The number of ether oxygens (including phenoxy) is 2. The van der Waals surface area contributed by atoms with Crippen molar-refractivity contribution in [3.63, 3.8) is 0 Å². The van der Waals surface area contributed by atoms with E-state index in [1.54, 1.807) is 14.2 Å². The maximum absolute atomic E-state index is 5.44. The lowest BCUT2D eigenvalue weighted by Crippen LogP contribution is -2.27. The van der Waals surface area contributed by atoms with Gasteiger partial charge >= 0.3 is 0 Å². The zero-order valence-electron chi connectivity index (χ0n) is 20.4. The van der Waals surface area contributed by atoms with Crippen molar-refractivity contribution in [2.24, 2.45) is 0 Å². The topological polar surface area (TPSA) is 35.4 Å². The summed E-state index contributed by atoms with van der Waals surface area (Å²) < 4.78 is 13.5. The Balaban J connectivity index is 1.83. The summed E-state index contributed by atoms with van der Waals surface area (Å²) in [4.78, 5) is 0. The Labute approximate surface area is 198 Å². The van der Waals surface area contributed by atoms with Crippen LogP contribution < -0.4 is 14.8 Å². The van der Waals surface area contributed by atoms with Crippen LogP contribution in [-0.4, -0.2) is 31.9 Å². The Morgan fingerprint density at radius 2 is 1.42 bits per heavy atom. The van der Waals surface area contributed by atoms with Gasteiger partial charge in [0.1, 0.15) is 11.5 Å². The largest absolute Gasteiger partial charge is 0.497 e. The van der Waals surface area contributed by atoms with Crippen molar-refractivity contribution in [2.75, 3.05) is 27.3 Å². The number of methoxy groups -OCH3 is 2. The Bertz CT molecular complexity index is 999. The Morgan fingerprint density at radius 3 is 2.00 bits per heavy atom. The van der Waals surface area contributed by atoms with Gasteiger partial charge in [-0.1, -0.05) is 38.3 Å². The van der Waals surface area contributed by atoms with E-state index >= 15 is 0 Å². The first kappa shape index (κ1) is 23.4. The fraction of sp³-hybridized carbons (Fsp3) is 0.448. The normalized spacial score (nSPS) is 14.4. The molecule has 2 aromatic carbocycles. The predicted octanol–water partition coefficient (Wildman–Crippen LogP) is 6.89. The first-order valence-corrected chi connectivity index (χ1v) is 12.5. The van der Waals surface area contributed by atoms with Crippen molar-refractivity contribution in [1.29, 1.82) is 0 Å². The first-order valence-electron chi connectivity index (χ1n) is 12.5. The highest BCUT2D eigenvalue weighted by Crippen LogP contribution is 2.40. The summed E-state index contributed by atoms with van der Waals surface area (Å²) in [7, 11) is 3.45. The maximum Gasteiger partial charge on any atom is 0.118 e. The molecule has 1 saturated heterocycles. The van der Waals surface area contributed by atoms with Crippen molar-refractivity contribution in [2.45, 2.75) is 57.9 Å². The summed E-state index contributed by atoms with van der Waals surface area (Å²) in [5, 5.41) is 3.54. The molecule has 0 saturated carbocycles. The lowest BCUT2D eigenvalue weighted by atomic mass is 9.93. The molecule has 1 fully saturated rings. The number of benzene rings is 2. The third-order valence-corrected chi connectivity index (χ3v) is 6.89. The Kier molecular flexibility index (Phi) is 8.11. The molecule has 0 unspecified atom stereocenters. The number of nitrogens with zero attached hydrogens (tertiary/aromatic N) is 1. The average molecular weight is 447 g/mol. The number of aromatic nitrogens is 1. The van der Waals surface area contributed by atoms with Crippen LogP contribution in [0.15, 0.2) is 54.6 Å². The number of hydrogen-bond acceptors (Lipinski definition) is 3. The molecule has 1 aromatic heterocycles. The second-order valence-electron chi connectivity index (χ2n) is 9.03. The van der Waals surface area contributed by atoms with Gasteiger partial charge in [0.05, 0.1) is 19.9 Å². The molecule has 4 heteroatoms. The van der Waals surface area contributed by atoms with Crippen LogP contribution in [0.1, 0.15) is 57.1 Å². The molecule has 1 aliphatic heterocycles. The third-order valence-electron chi connectivity index (χ3n) is 6.89. The molecule has 0 spiro atoms. The third kappa shape index (κ3) is 5.44. The second kappa shape index (κ2) is 11.4. The molecular formula is C29H38N2O2. The molecule has 1 N–H and O–H groups in total. The lowest BCUT2D eigenvalue weighted by Gasteiger charge is -2.25. The monoisotopic (exact) mass is 446 g/mol. The molecule has 33 heavy (non-hydrogen) atoms. The summed E-state index contributed by atoms with van der Waals surface area (Å²) in [5.74, 6) is 2.38. The summed E-state index contributed by atoms with van der Waals surface area (Å²) in [5.41, 5.74) is 6.62. The van der Waals surface area contributed by atoms with Gasteiger partial charge in [0.2, 0.25) is 0 Å². The van der Waals surface area contributed by atoms with Crippen LogP contribution in [0.5, 0.6) is 11.5 Å². The SMILES string of the molecule is CCCCCCn1c(C2CCNCC2)cc(-c2ccc(OC)cc2)c1-c1ccc(OC)cc1. The van der Waals surface area contributed by atoms with E-state index in [0.717, 1.165) is 31.1 Å². The average Bonchev–Trinajstić information content (AvgIpc) is 3.26. The van der Waals surface area contributed by atoms with E-state index < -0.39 is 0 Å². The number of hydrogen-bond donors (Lipinski definition) is 1. The lowest BCUT2D eigenvalue weighted by molar-refractivity contribution is 0.414. The number of piperidine rings is 1. The first-order chi connectivity index (χ1) is 16.2. The summed E-state index contributed by atoms with van der Waals surface area (Å²) >= 11 is 0. The maximum atomic E-state index is 5.44. The highest BCUT2D eigenvalue weighted by atomic mass is 16.5. The van der Waals surface area contributed by atoms with E-state index in [2.05, 4.69) is 71.4 Å². The molecule has 0 amide bonds. The van der Waals surface area contributed by atoms with E-state index in [1.807, 2.05) is 0 Å². The van der Waals surface area contributed by atoms with Crippen LogP contribution >= 0.6 is 0 Å². The number of rotatable bonds is 10. The van der Waals surface area contributed by atoms with E-state index in [0.29, 0.717) is 5.92 Å². The molecule has 0 aliphatic carbocycles. The zero-order valence-corrected chi connectivity index (χ0v) is 20.4. The highest BCUT2D eigenvalue weighted by Gasteiger charge is 2.24. The molecule has 0 atom stereocenters. The van der Waals surface area contributed by atoms with Crippen LogP contribution in [0, 0.1) is 0 Å². The van der Waals surface area contributed by atoms with Crippen LogP contribution in [0.4, 0.5) is 0 Å². The summed E-state index contributed by atoms with van der Waals surface area (Å²) in [6.07, 6.45) is 7.44. The highest BCUT2D eigenvalue weighted by molar-refractivity contribution is 5.83. The van der Waals surface area contributed by atoms with Crippen molar-refractivity contribution < 1.29 is 9.47 Å². The second-order valence-corrected chi connectivity index (χ2v) is 9.03. The smallest absolute Gasteiger partial charge is 0.118 e. The van der Waals surface area contributed by atoms with Gasteiger partial charge < -0.3 is 19.4 Å². The fourth-order valence-electron chi connectivity index (χ4n) is 5.01. The molecule has 0 radical (unpaired) electrons. The van der Waals surface area contributed by atoms with Crippen molar-refractivity contribution in [3.8, 4) is 33.9 Å². The van der Waals surface area contributed by atoms with E-state index in [9.17, 15) is 0 Å². The molecule has 0 bridgehead atoms. The van der Waals surface area contributed by atoms with E-state index in [4.69, 9.17) is 9.47 Å². The predicted molar refractivity (Wildman–Crippen MR) is 137 cm³/mol. The van der Waals surface area contributed by atoms with Gasteiger partial charge in [0.25, 0.3) is 0 Å². The Hall–Kier alpha value is -2.72. The van der Waals surface area contributed by atoms with Crippen LogP contribution in [0.25, 0.3) is 22.4 Å². The Morgan fingerprint density at radius 1 is 0.818 bits per heavy atom. The van der Waals surface area contributed by atoms with Gasteiger partial charge in [-0.15, -0.1) is 0 Å². The fourth-order valence-corrected chi connectivity index (χ4v) is 5.01. The van der Waals surface area contributed by atoms with Gasteiger partial charge in [-0.3, -0.25) is 0 Å². The molecule has 176 valence electrons. The quantitative estimate of drug-likeness (QED) is 0.345. The van der Waals surface area contributed by atoms with Crippen LogP contribution in [0.2, 0.25) is 0 Å². The van der Waals surface area contributed by atoms with Crippen molar-refractivity contribution in [3.05, 3.63) is 60.3 Å². The molecule has 4 rings (SSSR count). The van der Waals surface area contributed by atoms with E-state index in [-0.39, 0.29) is 0 Å². The van der Waals surface area contributed by atoms with Crippen LogP contribution in [0.3, 0.4) is 0 Å². The summed E-state index contributed by atoms with van der Waals surface area (Å²) in [6, 6.07) is 19.5. The molecule has 1 aliphatic rings. The van der Waals surface area contributed by atoms with Gasteiger partial charge in [-0.05, 0) is 85.9 Å². The van der Waals surface area contributed by atoms with Gasteiger partial charge in [-0.2, -0.15) is 0 Å². The molecular weight excluding hydrogens is 408 g/mol. The van der Waals surface area contributed by atoms with Gasteiger partial charge in [0.15, 0.2) is 0 Å². The van der Waals surface area contributed by atoms with Crippen LogP contribution in [-0.2, 0) is 6.54 Å². The molecule has 4 nitrogen and oxygen atoms in total. The van der Waals surface area contributed by atoms with Gasteiger partial charge in [-0.25, -0.2) is 0 Å². The molecule has 3 aromatic rings.